The molecule has 0 radical (unpaired) electrons. The van der Waals surface area contributed by atoms with Gasteiger partial charge in [0.05, 0.1) is 0 Å². The van der Waals surface area contributed by atoms with Gasteiger partial charge in [-0.25, -0.2) is 4.98 Å². The molecular weight excluding hydrogens is 236 g/mol. The van der Waals surface area contributed by atoms with Gasteiger partial charge in [-0.1, -0.05) is 19.3 Å². The molecule has 2 atom stereocenters. The summed E-state index contributed by atoms with van der Waals surface area (Å²) in [6.07, 6.45) is 8.64. The molecule has 2 aliphatic rings. The van der Waals surface area contributed by atoms with Crippen molar-refractivity contribution in [3.8, 4) is 0 Å². The van der Waals surface area contributed by atoms with Gasteiger partial charge in [-0.3, -0.25) is 5.41 Å². The van der Waals surface area contributed by atoms with Crippen LogP contribution in [0.2, 0.25) is 0 Å². The summed E-state index contributed by atoms with van der Waals surface area (Å²) in [4.78, 5) is 6.83. The van der Waals surface area contributed by atoms with Gasteiger partial charge in [-0.2, -0.15) is 0 Å². The molecule has 2 heterocycles. The lowest BCUT2D eigenvalue weighted by Gasteiger charge is -2.41. The topological polar surface area (TPSA) is 66.0 Å². The maximum atomic E-state index is 7.52. The quantitative estimate of drug-likeness (QED) is 0.632. The second-order valence-corrected chi connectivity index (χ2v) is 5.86. The molecule has 0 aromatic carbocycles. The summed E-state index contributed by atoms with van der Waals surface area (Å²) in [6, 6.07) is 3.75. The maximum Gasteiger partial charge on any atom is 0.129 e. The molecule has 4 heteroatoms. The average Bonchev–Trinajstić information content (AvgIpc) is 2.47. The molecule has 1 saturated heterocycles. The van der Waals surface area contributed by atoms with Gasteiger partial charge in [-0.05, 0) is 36.8 Å². The van der Waals surface area contributed by atoms with E-state index in [1.807, 2.05) is 6.07 Å². The van der Waals surface area contributed by atoms with Gasteiger partial charge < -0.3 is 10.6 Å². The van der Waals surface area contributed by atoms with Crippen LogP contribution in [-0.2, 0) is 0 Å². The van der Waals surface area contributed by atoms with E-state index in [4.69, 9.17) is 11.1 Å². The van der Waals surface area contributed by atoms with Gasteiger partial charge in [0.1, 0.15) is 11.7 Å². The predicted molar refractivity (Wildman–Crippen MR) is 77.5 cm³/mol. The number of aromatic nitrogens is 1. The second-order valence-electron chi connectivity index (χ2n) is 5.86. The van der Waals surface area contributed by atoms with Crippen molar-refractivity contribution in [3.63, 3.8) is 0 Å². The maximum absolute atomic E-state index is 7.52. The summed E-state index contributed by atoms with van der Waals surface area (Å²) in [5.74, 6) is 2.87. The SMILES string of the molecule is N=C(N)c1ccnc(N2CCC3CCCCC3C2)c1. The fraction of sp³-hybridized carbons (Fsp3) is 0.600. The van der Waals surface area contributed by atoms with Crippen molar-refractivity contribution in [1.82, 2.24) is 4.98 Å². The van der Waals surface area contributed by atoms with E-state index in [0.29, 0.717) is 0 Å². The molecule has 1 aromatic heterocycles. The highest BCUT2D eigenvalue weighted by atomic mass is 15.2. The number of amidine groups is 1. The molecule has 1 saturated carbocycles. The van der Waals surface area contributed by atoms with Crippen LogP contribution < -0.4 is 10.6 Å². The fourth-order valence-corrected chi connectivity index (χ4v) is 3.57. The number of rotatable bonds is 2. The highest BCUT2D eigenvalue weighted by molar-refractivity contribution is 5.95. The number of pyridine rings is 1. The molecule has 0 bridgehead atoms. The van der Waals surface area contributed by atoms with E-state index in [1.165, 1.54) is 32.1 Å². The molecule has 0 amide bonds. The van der Waals surface area contributed by atoms with Crippen LogP contribution in [0.1, 0.15) is 37.7 Å². The Hall–Kier alpha value is -1.58. The molecule has 1 aliphatic carbocycles. The van der Waals surface area contributed by atoms with E-state index >= 15 is 0 Å². The van der Waals surface area contributed by atoms with E-state index in [9.17, 15) is 0 Å². The van der Waals surface area contributed by atoms with Gasteiger partial charge in [0.2, 0.25) is 0 Å². The first-order valence-corrected chi connectivity index (χ1v) is 7.29. The van der Waals surface area contributed by atoms with Crippen LogP contribution in [0.4, 0.5) is 5.82 Å². The Balaban J connectivity index is 1.75. The zero-order valence-electron chi connectivity index (χ0n) is 11.3. The molecule has 1 aliphatic heterocycles. The normalized spacial score (nSPS) is 26.8. The first kappa shape index (κ1) is 12.5. The number of nitrogens with two attached hydrogens (primary N) is 1. The molecule has 102 valence electrons. The highest BCUT2D eigenvalue weighted by Crippen LogP contribution is 2.37. The van der Waals surface area contributed by atoms with Crippen LogP contribution >= 0.6 is 0 Å². The minimum atomic E-state index is 0.121. The second kappa shape index (κ2) is 5.19. The Kier molecular flexibility index (Phi) is 3.40. The predicted octanol–water partition coefficient (Wildman–Crippen LogP) is 2.38. The number of piperidine rings is 1. The third-order valence-corrected chi connectivity index (χ3v) is 4.67. The number of nitrogen functional groups attached to an aromatic ring is 1. The summed E-state index contributed by atoms with van der Waals surface area (Å²) in [5.41, 5.74) is 6.33. The lowest BCUT2D eigenvalue weighted by molar-refractivity contribution is 0.202. The zero-order chi connectivity index (χ0) is 13.2. The van der Waals surface area contributed by atoms with E-state index in [1.54, 1.807) is 12.3 Å². The zero-order valence-corrected chi connectivity index (χ0v) is 11.3. The Bertz CT molecular complexity index is 471. The van der Waals surface area contributed by atoms with Crippen LogP contribution in [0.5, 0.6) is 0 Å². The van der Waals surface area contributed by atoms with Crippen LogP contribution in [0.3, 0.4) is 0 Å². The van der Waals surface area contributed by atoms with Crippen molar-refractivity contribution in [1.29, 1.82) is 5.41 Å². The number of nitrogens with one attached hydrogen (secondary N) is 1. The van der Waals surface area contributed by atoms with Gasteiger partial charge in [0, 0.05) is 24.8 Å². The lowest BCUT2D eigenvalue weighted by Crippen LogP contribution is -2.42. The van der Waals surface area contributed by atoms with Gasteiger partial charge in [0.25, 0.3) is 0 Å². The summed E-state index contributed by atoms with van der Waals surface area (Å²) in [7, 11) is 0. The minimum absolute atomic E-state index is 0.121. The molecule has 3 rings (SSSR count). The number of hydrogen-bond acceptors (Lipinski definition) is 3. The molecule has 3 N–H and O–H groups in total. The highest BCUT2D eigenvalue weighted by Gasteiger charge is 2.31. The Morgan fingerprint density at radius 2 is 2.05 bits per heavy atom. The average molecular weight is 258 g/mol. The van der Waals surface area contributed by atoms with E-state index in [-0.39, 0.29) is 5.84 Å². The van der Waals surface area contributed by atoms with Crippen LogP contribution in [0.15, 0.2) is 18.3 Å². The Labute approximate surface area is 114 Å². The van der Waals surface area contributed by atoms with Crippen LogP contribution in [0, 0.1) is 17.2 Å². The molecule has 2 fully saturated rings. The summed E-state index contributed by atoms with van der Waals surface area (Å²) in [5, 5.41) is 7.52. The summed E-state index contributed by atoms with van der Waals surface area (Å²) in [6.45, 7) is 2.22. The first-order chi connectivity index (χ1) is 9.24. The number of nitrogens with zero attached hydrogens (tertiary/aromatic N) is 2. The monoisotopic (exact) mass is 258 g/mol. The molecule has 19 heavy (non-hydrogen) atoms. The number of hydrogen-bond donors (Lipinski definition) is 2. The largest absolute Gasteiger partial charge is 0.384 e. The van der Waals surface area contributed by atoms with Crippen LogP contribution in [0.25, 0.3) is 0 Å². The van der Waals surface area contributed by atoms with Crippen molar-refractivity contribution in [2.75, 3.05) is 18.0 Å². The smallest absolute Gasteiger partial charge is 0.129 e. The third-order valence-electron chi connectivity index (χ3n) is 4.67. The number of fused-ring (bicyclic) bond motifs is 1. The standard InChI is InChI=1S/C15H22N4/c16-15(17)12-5-7-18-14(9-12)19-8-6-11-3-1-2-4-13(11)10-19/h5,7,9,11,13H,1-4,6,8,10H2,(H3,16,17). The molecule has 4 nitrogen and oxygen atoms in total. The van der Waals surface area contributed by atoms with Gasteiger partial charge in [-0.15, -0.1) is 0 Å². The molecule has 1 aromatic rings. The van der Waals surface area contributed by atoms with Crippen molar-refractivity contribution in [2.45, 2.75) is 32.1 Å². The van der Waals surface area contributed by atoms with Crippen molar-refractivity contribution >= 4 is 11.7 Å². The van der Waals surface area contributed by atoms with Gasteiger partial charge in [0.15, 0.2) is 0 Å². The lowest BCUT2D eigenvalue weighted by atomic mass is 9.75. The van der Waals surface area contributed by atoms with E-state index in [2.05, 4.69) is 9.88 Å². The van der Waals surface area contributed by atoms with Crippen molar-refractivity contribution in [2.24, 2.45) is 17.6 Å². The van der Waals surface area contributed by atoms with Crippen molar-refractivity contribution in [3.05, 3.63) is 23.9 Å². The summed E-state index contributed by atoms with van der Waals surface area (Å²) < 4.78 is 0. The number of anilines is 1. The van der Waals surface area contributed by atoms with Crippen LogP contribution in [-0.4, -0.2) is 23.9 Å². The fourth-order valence-electron chi connectivity index (χ4n) is 3.57. The first-order valence-electron chi connectivity index (χ1n) is 7.29. The van der Waals surface area contributed by atoms with Crippen molar-refractivity contribution < 1.29 is 0 Å². The molecule has 2 unspecified atom stereocenters. The van der Waals surface area contributed by atoms with E-state index in [0.717, 1.165) is 36.3 Å². The minimum Gasteiger partial charge on any atom is -0.384 e. The molecular formula is C15H22N4. The Morgan fingerprint density at radius 3 is 2.84 bits per heavy atom. The third kappa shape index (κ3) is 2.57. The van der Waals surface area contributed by atoms with Gasteiger partial charge >= 0.3 is 0 Å². The summed E-state index contributed by atoms with van der Waals surface area (Å²) >= 11 is 0. The van der Waals surface area contributed by atoms with E-state index < -0.39 is 0 Å². The molecule has 0 spiro atoms. The Morgan fingerprint density at radius 1 is 1.26 bits per heavy atom.